The fraction of sp³-hybridized carbons (Fsp3) is 1.00. The highest BCUT2D eigenvalue weighted by molar-refractivity contribution is 4.47. The summed E-state index contributed by atoms with van der Waals surface area (Å²) in [5.41, 5.74) is 0. The quantitative estimate of drug-likeness (QED) is 0.145. The second-order valence-corrected chi connectivity index (χ2v) is 6.19. The molecule has 0 radical (unpaired) electrons. The van der Waals surface area contributed by atoms with Gasteiger partial charge in [-0.2, -0.15) is 0 Å². The summed E-state index contributed by atoms with van der Waals surface area (Å²) < 4.78 is 0. The van der Waals surface area contributed by atoms with Crippen LogP contribution in [-0.4, -0.2) is 66.5 Å². The van der Waals surface area contributed by atoms with Crippen molar-refractivity contribution in [2.75, 3.05) is 46.2 Å². The lowest BCUT2D eigenvalue weighted by molar-refractivity contribution is -1.37. The lowest BCUT2D eigenvalue weighted by Crippen LogP contribution is -3.00. The van der Waals surface area contributed by atoms with Crippen molar-refractivity contribution in [2.45, 2.75) is 71.1 Å². The molecule has 0 aromatic carbocycles. The normalized spacial score (nSPS) is 11.5. The highest BCUT2D eigenvalue weighted by Gasteiger charge is 2.34. The first-order chi connectivity index (χ1) is 12.2. The first kappa shape index (κ1) is 28.2. The zero-order valence-corrected chi connectivity index (χ0v) is 17.2. The largest absolute Gasteiger partial charge is 1.00 e. The van der Waals surface area contributed by atoms with Crippen molar-refractivity contribution in [1.29, 1.82) is 0 Å². The third kappa shape index (κ3) is 16.2. The minimum absolute atomic E-state index is 0. The molecule has 160 valence electrons. The fourth-order valence-corrected chi connectivity index (χ4v) is 2.64. The highest BCUT2D eigenvalue weighted by Crippen LogP contribution is 2.16. The van der Waals surface area contributed by atoms with E-state index in [1.165, 1.54) is 44.9 Å². The minimum atomic E-state index is -0.543. The zero-order chi connectivity index (χ0) is 18.6. The second kappa shape index (κ2) is 21.3. The topological polar surface area (TPSA) is 88.4 Å². The van der Waals surface area contributed by atoms with Gasteiger partial charge in [0.05, 0.1) is 24.8 Å². The van der Waals surface area contributed by atoms with Crippen LogP contribution in [0.25, 0.3) is 0 Å². The maximum Gasteiger partial charge on any atom is 0.178 e. The van der Waals surface area contributed by atoms with Crippen LogP contribution in [0.1, 0.15) is 71.1 Å². The minimum Gasteiger partial charge on any atom is -1.00 e. The van der Waals surface area contributed by atoms with Gasteiger partial charge in [-0.05, 0) is 6.42 Å². The van der Waals surface area contributed by atoms with E-state index in [1.807, 2.05) is 0 Å². The first-order valence-electron chi connectivity index (χ1n) is 9.89. The van der Waals surface area contributed by atoms with Crippen LogP contribution in [0.2, 0.25) is 0 Å². The van der Waals surface area contributed by atoms with Crippen molar-refractivity contribution in [1.82, 2.24) is 0 Å². The van der Waals surface area contributed by atoms with Gasteiger partial charge in [-0.3, -0.25) is 0 Å². The Morgan fingerprint density at radius 2 is 0.923 bits per heavy atom. The summed E-state index contributed by atoms with van der Waals surface area (Å²) in [6.07, 6.45) is 12.2. The third-order valence-corrected chi connectivity index (χ3v) is 3.92. The molecule has 0 amide bonds. The number of quaternary nitrogens is 1. The van der Waals surface area contributed by atoms with E-state index in [4.69, 9.17) is 29.8 Å². The predicted molar refractivity (Wildman–Crippen MR) is 96.1 cm³/mol. The molecule has 0 saturated carbocycles. The summed E-state index contributed by atoms with van der Waals surface area (Å²) in [6.45, 7) is 2.43. The van der Waals surface area contributed by atoms with Crippen LogP contribution >= 0.6 is 0 Å². The lowest BCUT2D eigenvalue weighted by atomic mass is 10.1. The number of aliphatic hydroxyl groups is 3. The van der Waals surface area contributed by atoms with Crippen molar-refractivity contribution in [3.05, 3.63) is 0 Å². The van der Waals surface area contributed by atoms with Crippen LogP contribution in [0, 0.1) is 0 Å². The average Bonchev–Trinajstić information content (AvgIpc) is 2.64. The molecule has 26 heavy (non-hydrogen) atoms. The molecule has 0 bridgehead atoms. The molecular formula is C18H40ClNO6. The van der Waals surface area contributed by atoms with Crippen LogP contribution in [0.3, 0.4) is 0 Å². The van der Waals surface area contributed by atoms with Crippen molar-refractivity contribution in [3.8, 4) is 0 Å². The standard InChI is InChI=1S/C18H40NO6.ClH/c1-2-3-4-5-6-7-8-9-10-11-12-19(23-16-13-20,24-17-14-21)25-18-15-22;/h20-22H,2-18H2,1H3;1H/q+1;/p-1. The van der Waals surface area contributed by atoms with Crippen LogP contribution in [0.15, 0.2) is 0 Å². The van der Waals surface area contributed by atoms with Gasteiger partial charge in [0.1, 0.15) is 19.8 Å². The first-order valence-corrected chi connectivity index (χ1v) is 9.89. The molecule has 0 aromatic rings. The molecule has 7 nitrogen and oxygen atoms in total. The number of hydrogen-bond donors (Lipinski definition) is 3. The Balaban J connectivity index is 0. The number of hydroxylamine groups is 3. The van der Waals surface area contributed by atoms with Gasteiger partial charge in [0.15, 0.2) is 6.54 Å². The molecule has 0 rings (SSSR count). The fourth-order valence-electron chi connectivity index (χ4n) is 2.64. The highest BCUT2D eigenvalue weighted by atomic mass is 35.5. The monoisotopic (exact) mass is 401 g/mol. The Morgan fingerprint density at radius 3 is 1.27 bits per heavy atom. The summed E-state index contributed by atoms with van der Waals surface area (Å²) in [5, 5.41) is 26.9. The molecule has 0 heterocycles. The molecule has 0 atom stereocenters. The van der Waals surface area contributed by atoms with Gasteiger partial charge in [-0.1, -0.05) is 58.3 Å². The molecule has 0 aliphatic rings. The van der Waals surface area contributed by atoms with E-state index in [9.17, 15) is 0 Å². The van der Waals surface area contributed by atoms with E-state index >= 15 is 0 Å². The van der Waals surface area contributed by atoms with Crippen LogP contribution in [0.5, 0.6) is 0 Å². The molecule has 8 heteroatoms. The number of unbranched alkanes of at least 4 members (excludes halogenated alkanes) is 9. The van der Waals surface area contributed by atoms with Gasteiger partial charge >= 0.3 is 0 Å². The average molecular weight is 402 g/mol. The SMILES string of the molecule is CCCCCCCCCCCC[N+](OCCO)(OCCO)OCCO.[Cl-]. The predicted octanol–water partition coefficient (Wildman–Crippen LogP) is -0.500. The summed E-state index contributed by atoms with van der Waals surface area (Å²) in [5.74, 6) is 0. The molecule has 0 aromatic heterocycles. The number of hydrogen-bond acceptors (Lipinski definition) is 6. The van der Waals surface area contributed by atoms with E-state index in [2.05, 4.69) is 6.92 Å². The molecule has 0 aliphatic carbocycles. The molecule has 0 aliphatic heterocycles. The molecule has 3 N–H and O–H groups in total. The van der Waals surface area contributed by atoms with E-state index in [0.29, 0.717) is 6.54 Å². The van der Waals surface area contributed by atoms with Crippen molar-refractivity contribution in [3.63, 3.8) is 0 Å². The van der Waals surface area contributed by atoms with Gasteiger partial charge in [0.2, 0.25) is 0 Å². The number of halogens is 1. The summed E-state index contributed by atoms with van der Waals surface area (Å²) in [7, 11) is 0. The number of aliphatic hydroxyl groups excluding tert-OH is 3. The maximum atomic E-state index is 8.98. The lowest BCUT2D eigenvalue weighted by Gasteiger charge is -2.29. The van der Waals surface area contributed by atoms with Gasteiger partial charge in [0, 0.05) is 6.42 Å². The molecule has 0 spiro atoms. The second-order valence-electron chi connectivity index (χ2n) is 6.19. The zero-order valence-electron chi connectivity index (χ0n) is 16.4. The summed E-state index contributed by atoms with van der Waals surface area (Å²) in [4.78, 5) is 15.9. The van der Waals surface area contributed by atoms with E-state index in [0.717, 1.165) is 19.3 Å². The van der Waals surface area contributed by atoms with Crippen LogP contribution in [0.4, 0.5) is 0 Å². The Bertz CT molecular complexity index is 252. The third-order valence-electron chi connectivity index (χ3n) is 3.92. The van der Waals surface area contributed by atoms with E-state index in [-0.39, 0.29) is 52.0 Å². The number of rotatable bonds is 20. The Hall–Kier alpha value is 0.01000. The molecule has 0 fully saturated rings. The van der Waals surface area contributed by atoms with Gasteiger partial charge in [-0.25, -0.2) is 0 Å². The Morgan fingerprint density at radius 1 is 0.577 bits per heavy atom. The Kier molecular flexibility index (Phi) is 23.1. The van der Waals surface area contributed by atoms with Gasteiger partial charge < -0.3 is 27.7 Å². The van der Waals surface area contributed by atoms with Gasteiger partial charge in [0.25, 0.3) is 0 Å². The van der Waals surface area contributed by atoms with E-state index in [1.54, 1.807) is 0 Å². The summed E-state index contributed by atoms with van der Waals surface area (Å²) >= 11 is 0. The smallest absolute Gasteiger partial charge is 0.178 e. The van der Waals surface area contributed by atoms with Crippen molar-refractivity contribution >= 4 is 0 Å². The number of nitrogens with zero attached hydrogens (tertiary/aromatic N) is 1. The molecule has 0 saturated heterocycles. The maximum absolute atomic E-state index is 8.98. The van der Waals surface area contributed by atoms with E-state index < -0.39 is 4.97 Å². The Labute approximate surface area is 165 Å². The summed E-state index contributed by atoms with van der Waals surface area (Å²) in [6, 6.07) is 0. The van der Waals surface area contributed by atoms with Crippen molar-refractivity contribution < 1.29 is 47.2 Å². The van der Waals surface area contributed by atoms with Gasteiger partial charge in [-0.15, -0.1) is 14.5 Å². The van der Waals surface area contributed by atoms with Crippen LogP contribution < -0.4 is 12.4 Å². The van der Waals surface area contributed by atoms with Crippen LogP contribution in [-0.2, 0) is 14.5 Å². The van der Waals surface area contributed by atoms with Crippen molar-refractivity contribution in [2.24, 2.45) is 0 Å². The molecule has 0 unspecified atom stereocenters. The molecular weight excluding hydrogens is 362 g/mol.